The molecule has 0 aromatic heterocycles. The van der Waals surface area contributed by atoms with E-state index in [2.05, 4.69) is 10.3 Å². The fraction of sp³-hybridized carbons (Fsp3) is 0.462. The molecule has 1 aromatic rings. The Morgan fingerprint density at radius 1 is 1.53 bits per heavy atom. The molecule has 1 atom stereocenters. The Morgan fingerprint density at radius 3 is 3.00 bits per heavy atom. The second-order valence-corrected chi connectivity index (χ2v) is 4.85. The highest BCUT2D eigenvalue weighted by molar-refractivity contribution is 5.92. The van der Waals surface area contributed by atoms with Crippen LogP contribution < -0.4 is 11.1 Å². The molecule has 0 aliphatic carbocycles. The van der Waals surface area contributed by atoms with Gasteiger partial charge in [0.15, 0.2) is 5.96 Å². The normalized spacial score (nSPS) is 23.6. The van der Waals surface area contributed by atoms with Crippen molar-refractivity contribution in [2.75, 3.05) is 18.5 Å². The molecule has 19 heavy (non-hydrogen) atoms. The molecule has 0 radical (unpaired) electrons. The largest absolute Gasteiger partial charge is 0.373 e. The summed E-state index contributed by atoms with van der Waals surface area (Å²) in [6.45, 7) is 3.07. The Labute approximate surface area is 110 Å². The number of aliphatic imine (C=N–C) groups is 1. The van der Waals surface area contributed by atoms with E-state index in [1.54, 1.807) is 0 Å². The minimum absolute atomic E-state index is 0.0289. The van der Waals surface area contributed by atoms with E-state index < -0.39 is 11.6 Å². The molecule has 3 N–H and O–H groups in total. The van der Waals surface area contributed by atoms with Gasteiger partial charge in [0.2, 0.25) is 0 Å². The summed E-state index contributed by atoms with van der Waals surface area (Å²) < 4.78 is 31.9. The molecule has 4 nitrogen and oxygen atoms in total. The van der Waals surface area contributed by atoms with Crippen LogP contribution in [0.5, 0.6) is 0 Å². The van der Waals surface area contributed by atoms with Gasteiger partial charge in [0.1, 0.15) is 11.6 Å². The van der Waals surface area contributed by atoms with E-state index in [9.17, 15) is 8.78 Å². The molecule has 1 unspecified atom stereocenters. The zero-order valence-corrected chi connectivity index (χ0v) is 10.7. The first-order chi connectivity index (χ1) is 8.98. The van der Waals surface area contributed by atoms with Crippen molar-refractivity contribution >= 4 is 11.6 Å². The predicted molar refractivity (Wildman–Crippen MR) is 70.1 cm³/mol. The summed E-state index contributed by atoms with van der Waals surface area (Å²) in [7, 11) is 0. The number of halogens is 2. The van der Waals surface area contributed by atoms with E-state index >= 15 is 0 Å². The van der Waals surface area contributed by atoms with Crippen molar-refractivity contribution in [3.05, 3.63) is 29.8 Å². The molecule has 1 heterocycles. The molecule has 104 valence electrons. The summed E-state index contributed by atoms with van der Waals surface area (Å²) in [5, 5.41) is 2.55. The third-order valence-electron chi connectivity index (χ3n) is 3.08. The van der Waals surface area contributed by atoms with Gasteiger partial charge in [-0.15, -0.1) is 0 Å². The summed E-state index contributed by atoms with van der Waals surface area (Å²) in [4.78, 5) is 4.11. The van der Waals surface area contributed by atoms with Crippen LogP contribution in [0, 0.1) is 11.6 Å². The average molecular weight is 269 g/mol. The molecule has 1 saturated heterocycles. The van der Waals surface area contributed by atoms with Gasteiger partial charge in [-0.2, -0.15) is 0 Å². The highest BCUT2D eigenvalue weighted by atomic mass is 19.1. The molecular weight excluding hydrogens is 252 g/mol. The first-order valence-corrected chi connectivity index (χ1v) is 6.14. The summed E-state index contributed by atoms with van der Waals surface area (Å²) in [5.74, 6) is -1.08. The maximum Gasteiger partial charge on any atom is 0.193 e. The van der Waals surface area contributed by atoms with Crippen LogP contribution in [0.4, 0.5) is 14.5 Å². The van der Waals surface area contributed by atoms with E-state index in [1.807, 2.05) is 6.92 Å². The third-order valence-corrected chi connectivity index (χ3v) is 3.08. The summed E-state index contributed by atoms with van der Waals surface area (Å²) in [6, 6.07) is 3.11. The molecule has 1 aromatic carbocycles. The quantitative estimate of drug-likeness (QED) is 0.653. The van der Waals surface area contributed by atoms with Gasteiger partial charge in [-0.3, -0.25) is 4.99 Å². The van der Waals surface area contributed by atoms with Crippen molar-refractivity contribution in [2.24, 2.45) is 10.7 Å². The molecule has 1 fully saturated rings. The van der Waals surface area contributed by atoms with Gasteiger partial charge in [0.25, 0.3) is 0 Å². The van der Waals surface area contributed by atoms with Crippen LogP contribution in [-0.4, -0.2) is 24.7 Å². The molecule has 0 saturated carbocycles. The first kappa shape index (κ1) is 13.7. The predicted octanol–water partition coefficient (Wildman–Crippen LogP) is 2.26. The van der Waals surface area contributed by atoms with Crippen molar-refractivity contribution in [3.63, 3.8) is 0 Å². The Hall–Kier alpha value is -1.69. The van der Waals surface area contributed by atoms with E-state index in [4.69, 9.17) is 10.5 Å². The first-order valence-electron chi connectivity index (χ1n) is 6.14. The lowest BCUT2D eigenvalue weighted by Crippen LogP contribution is -2.31. The lowest BCUT2D eigenvalue weighted by molar-refractivity contribution is 0.0284. The average Bonchev–Trinajstić information content (AvgIpc) is 2.79. The van der Waals surface area contributed by atoms with Crippen molar-refractivity contribution < 1.29 is 13.5 Å². The van der Waals surface area contributed by atoms with Gasteiger partial charge in [-0.05, 0) is 31.9 Å². The monoisotopic (exact) mass is 269 g/mol. The van der Waals surface area contributed by atoms with Crippen LogP contribution >= 0.6 is 0 Å². The number of nitrogens with two attached hydrogens (primary N) is 1. The zero-order chi connectivity index (χ0) is 13.9. The standard InChI is InChI=1S/C13H17F2N3O/c1-13(5-2-6-19-13)8-17-12(16)18-11-7-9(14)3-4-10(11)15/h3-4,7H,2,5-6,8H2,1H3,(H3,16,17,18). The van der Waals surface area contributed by atoms with E-state index in [0.717, 1.165) is 37.6 Å². The fourth-order valence-corrected chi connectivity index (χ4v) is 1.98. The second kappa shape index (κ2) is 5.52. The molecule has 2 rings (SSSR count). The van der Waals surface area contributed by atoms with Gasteiger partial charge in [-0.25, -0.2) is 8.78 Å². The summed E-state index contributed by atoms with van der Waals surface area (Å²) >= 11 is 0. The fourth-order valence-electron chi connectivity index (χ4n) is 1.98. The molecule has 1 aliphatic rings. The van der Waals surface area contributed by atoms with E-state index in [1.165, 1.54) is 0 Å². The van der Waals surface area contributed by atoms with Crippen molar-refractivity contribution in [2.45, 2.75) is 25.4 Å². The van der Waals surface area contributed by atoms with Crippen LogP contribution in [0.25, 0.3) is 0 Å². The number of nitrogens with one attached hydrogen (secondary N) is 1. The van der Waals surface area contributed by atoms with Crippen LogP contribution in [0.15, 0.2) is 23.2 Å². The van der Waals surface area contributed by atoms with Gasteiger partial charge in [-0.1, -0.05) is 0 Å². The maximum absolute atomic E-state index is 13.4. The Morgan fingerprint density at radius 2 is 2.32 bits per heavy atom. The minimum atomic E-state index is -0.581. The third kappa shape index (κ3) is 3.64. The summed E-state index contributed by atoms with van der Waals surface area (Å²) in [6.07, 6.45) is 1.91. The van der Waals surface area contributed by atoms with Gasteiger partial charge >= 0.3 is 0 Å². The maximum atomic E-state index is 13.4. The number of guanidine groups is 1. The molecular formula is C13H17F2N3O. The highest BCUT2D eigenvalue weighted by Crippen LogP contribution is 2.25. The van der Waals surface area contributed by atoms with E-state index in [0.29, 0.717) is 6.54 Å². The number of ether oxygens (including phenoxy) is 1. The van der Waals surface area contributed by atoms with Gasteiger partial charge in [0.05, 0.1) is 17.8 Å². The Kier molecular flexibility index (Phi) is 3.99. The van der Waals surface area contributed by atoms with Gasteiger partial charge in [0, 0.05) is 12.7 Å². The number of anilines is 1. The lowest BCUT2D eigenvalue weighted by atomic mass is 10.0. The van der Waals surface area contributed by atoms with E-state index in [-0.39, 0.29) is 17.2 Å². The number of hydrogen-bond donors (Lipinski definition) is 2. The van der Waals surface area contributed by atoms with Crippen LogP contribution in [-0.2, 0) is 4.74 Å². The zero-order valence-electron chi connectivity index (χ0n) is 10.7. The SMILES string of the molecule is CC1(CN=C(N)Nc2cc(F)ccc2F)CCCO1. The molecule has 0 amide bonds. The number of hydrogen-bond acceptors (Lipinski definition) is 2. The number of rotatable bonds is 3. The number of nitrogens with zero attached hydrogens (tertiary/aromatic N) is 1. The molecule has 0 bridgehead atoms. The number of benzene rings is 1. The van der Waals surface area contributed by atoms with Crippen molar-refractivity contribution in [3.8, 4) is 0 Å². The topological polar surface area (TPSA) is 59.6 Å². The molecule has 1 aliphatic heterocycles. The second-order valence-electron chi connectivity index (χ2n) is 4.85. The van der Waals surface area contributed by atoms with Crippen LogP contribution in [0.2, 0.25) is 0 Å². The highest BCUT2D eigenvalue weighted by Gasteiger charge is 2.29. The lowest BCUT2D eigenvalue weighted by Gasteiger charge is -2.20. The van der Waals surface area contributed by atoms with Crippen molar-refractivity contribution in [1.82, 2.24) is 0 Å². The minimum Gasteiger partial charge on any atom is -0.373 e. The molecule has 6 heteroatoms. The van der Waals surface area contributed by atoms with Gasteiger partial charge < -0.3 is 15.8 Å². The Bertz CT molecular complexity index is 485. The molecule has 0 spiro atoms. The van der Waals surface area contributed by atoms with Crippen LogP contribution in [0.3, 0.4) is 0 Å². The smallest absolute Gasteiger partial charge is 0.193 e. The van der Waals surface area contributed by atoms with Crippen molar-refractivity contribution in [1.29, 1.82) is 0 Å². The Balaban J connectivity index is 2.00. The summed E-state index contributed by atoms with van der Waals surface area (Å²) in [5.41, 5.74) is 5.31. The van der Waals surface area contributed by atoms with Crippen LogP contribution in [0.1, 0.15) is 19.8 Å².